The Balaban J connectivity index is 2.88. The number of alkyl halides is 2. The molecule has 0 atom stereocenters. The highest BCUT2D eigenvalue weighted by Gasteiger charge is 2.10. The van der Waals surface area contributed by atoms with Crippen molar-refractivity contribution >= 4 is 12.0 Å². The zero-order valence-corrected chi connectivity index (χ0v) is 7.78. The molecule has 0 amide bonds. The SMILES string of the molecule is CN(CC(F)F)c1ccccc1C=O. The number of nitrogens with zero attached hydrogens (tertiary/aromatic N) is 1. The lowest BCUT2D eigenvalue weighted by molar-refractivity contribution is 0.112. The summed E-state index contributed by atoms with van der Waals surface area (Å²) in [6.07, 6.45) is -1.74. The molecule has 0 N–H and O–H groups in total. The third kappa shape index (κ3) is 2.52. The molecule has 76 valence electrons. The van der Waals surface area contributed by atoms with Gasteiger partial charge in [0.2, 0.25) is 0 Å². The summed E-state index contributed by atoms with van der Waals surface area (Å²) >= 11 is 0. The number of anilines is 1. The Kier molecular flexibility index (Phi) is 3.56. The Hall–Kier alpha value is -1.45. The van der Waals surface area contributed by atoms with Crippen LogP contribution in [0.3, 0.4) is 0 Å². The fourth-order valence-corrected chi connectivity index (χ4v) is 1.24. The number of carbonyl (C=O) groups is 1. The Morgan fingerprint density at radius 2 is 2.07 bits per heavy atom. The first kappa shape index (κ1) is 10.6. The van der Waals surface area contributed by atoms with Crippen molar-refractivity contribution in [2.75, 3.05) is 18.5 Å². The number of hydrogen-bond acceptors (Lipinski definition) is 2. The normalized spacial score (nSPS) is 10.3. The van der Waals surface area contributed by atoms with E-state index in [0.717, 1.165) is 0 Å². The molecule has 4 heteroatoms. The Morgan fingerprint density at radius 3 is 2.64 bits per heavy atom. The van der Waals surface area contributed by atoms with E-state index in [1.807, 2.05) is 0 Å². The van der Waals surface area contributed by atoms with Gasteiger partial charge in [-0.05, 0) is 12.1 Å². The summed E-state index contributed by atoms with van der Waals surface area (Å²) in [4.78, 5) is 12.0. The lowest BCUT2D eigenvalue weighted by atomic mass is 10.2. The molecule has 0 bridgehead atoms. The fourth-order valence-electron chi connectivity index (χ4n) is 1.24. The maximum Gasteiger partial charge on any atom is 0.255 e. The first-order chi connectivity index (χ1) is 6.65. The van der Waals surface area contributed by atoms with Crippen LogP contribution in [0.5, 0.6) is 0 Å². The van der Waals surface area contributed by atoms with Crippen molar-refractivity contribution in [1.82, 2.24) is 0 Å². The predicted molar refractivity (Wildman–Crippen MR) is 51.1 cm³/mol. The highest BCUT2D eigenvalue weighted by Crippen LogP contribution is 2.17. The van der Waals surface area contributed by atoms with Crippen molar-refractivity contribution in [2.24, 2.45) is 0 Å². The second-order valence-corrected chi connectivity index (χ2v) is 2.95. The molecule has 0 aliphatic carbocycles. The summed E-state index contributed by atoms with van der Waals surface area (Å²) in [5.74, 6) is 0. The summed E-state index contributed by atoms with van der Waals surface area (Å²) in [5.41, 5.74) is 0.957. The number of para-hydroxylation sites is 1. The van der Waals surface area contributed by atoms with Crippen LogP contribution in [-0.2, 0) is 0 Å². The number of aldehydes is 1. The van der Waals surface area contributed by atoms with E-state index in [1.54, 1.807) is 24.3 Å². The van der Waals surface area contributed by atoms with Gasteiger partial charge in [-0.25, -0.2) is 8.78 Å². The van der Waals surface area contributed by atoms with Crippen molar-refractivity contribution in [3.05, 3.63) is 29.8 Å². The Bertz CT molecular complexity index is 315. The quantitative estimate of drug-likeness (QED) is 0.693. The molecule has 0 aromatic heterocycles. The molecule has 2 nitrogen and oxygen atoms in total. The molecule has 0 unspecified atom stereocenters. The van der Waals surface area contributed by atoms with Gasteiger partial charge in [0.25, 0.3) is 6.43 Å². The summed E-state index contributed by atoms with van der Waals surface area (Å²) in [5, 5.41) is 0. The van der Waals surface area contributed by atoms with Crippen molar-refractivity contribution in [1.29, 1.82) is 0 Å². The molecule has 1 rings (SSSR count). The standard InChI is InChI=1S/C10H11F2NO/c1-13(6-10(11)12)9-5-3-2-4-8(9)7-14/h2-5,7,10H,6H2,1H3. The van der Waals surface area contributed by atoms with Gasteiger partial charge in [-0.1, -0.05) is 12.1 Å². The van der Waals surface area contributed by atoms with E-state index in [1.165, 1.54) is 11.9 Å². The highest BCUT2D eigenvalue weighted by molar-refractivity contribution is 5.84. The topological polar surface area (TPSA) is 20.3 Å². The number of halogens is 2. The van der Waals surface area contributed by atoms with Crippen LogP contribution in [0.2, 0.25) is 0 Å². The second-order valence-electron chi connectivity index (χ2n) is 2.95. The van der Waals surface area contributed by atoms with Crippen LogP contribution in [0.4, 0.5) is 14.5 Å². The van der Waals surface area contributed by atoms with Crippen LogP contribution in [0.25, 0.3) is 0 Å². The lowest BCUT2D eigenvalue weighted by Crippen LogP contribution is -2.24. The van der Waals surface area contributed by atoms with E-state index in [9.17, 15) is 13.6 Å². The molecule has 1 aromatic rings. The number of rotatable bonds is 4. The molecule has 0 radical (unpaired) electrons. The maximum absolute atomic E-state index is 12.1. The van der Waals surface area contributed by atoms with Gasteiger partial charge in [-0.15, -0.1) is 0 Å². The number of benzene rings is 1. The minimum Gasteiger partial charge on any atom is -0.368 e. The van der Waals surface area contributed by atoms with E-state index >= 15 is 0 Å². The monoisotopic (exact) mass is 199 g/mol. The average Bonchev–Trinajstić information content (AvgIpc) is 2.16. The van der Waals surface area contributed by atoms with Crippen LogP contribution in [0.1, 0.15) is 10.4 Å². The molecule has 0 aliphatic heterocycles. The van der Waals surface area contributed by atoms with Crippen LogP contribution in [0.15, 0.2) is 24.3 Å². The van der Waals surface area contributed by atoms with E-state index < -0.39 is 6.43 Å². The second kappa shape index (κ2) is 4.69. The van der Waals surface area contributed by atoms with Crippen molar-refractivity contribution in [3.8, 4) is 0 Å². The van der Waals surface area contributed by atoms with Crippen molar-refractivity contribution in [3.63, 3.8) is 0 Å². The third-order valence-electron chi connectivity index (χ3n) is 1.89. The minimum absolute atomic E-state index is 0.370. The molecule has 0 saturated heterocycles. The zero-order valence-electron chi connectivity index (χ0n) is 7.78. The van der Waals surface area contributed by atoms with Gasteiger partial charge in [0.1, 0.15) is 0 Å². The smallest absolute Gasteiger partial charge is 0.255 e. The molecule has 1 aromatic carbocycles. The summed E-state index contributed by atoms with van der Waals surface area (Å²) in [7, 11) is 1.54. The predicted octanol–water partition coefficient (Wildman–Crippen LogP) is 2.20. The molecule has 0 fully saturated rings. The fraction of sp³-hybridized carbons (Fsp3) is 0.300. The number of carbonyl (C=O) groups excluding carboxylic acids is 1. The summed E-state index contributed by atoms with van der Waals surface area (Å²) in [6.45, 7) is -0.370. The molecular formula is C10H11F2NO. The average molecular weight is 199 g/mol. The van der Waals surface area contributed by atoms with Gasteiger partial charge in [0.05, 0.1) is 6.54 Å². The first-order valence-corrected chi connectivity index (χ1v) is 4.18. The molecule has 0 saturated carbocycles. The van der Waals surface area contributed by atoms with Gasteiger partial charge in [0, 0.05) is 18.3 Å². The van der Waals surface area contributed by atoms with E-state index in [4.69, 9.17) is 0 Å². The van der Waals surface area contributed by atoms with Gasteiger partial charge in [0.15, 0.2) is 6.29 Å². The Labute approximate surface area is 81.1 Å². The molecule has 0 spiro atoms. The highest BCUT2D eigenvalue weighted by atomic mass is 19.3. The summed E-state index contributed by atoms with van der Waals surface area (Å²) in [6, 6.07) is 6.66. The lowest BCUT2D eigenvalue weighted by Gasteiger charge is -2.19. The van der Waals surface area contributed by atoms with Gasteiger partial charge in [-0.3, -0.25) is 4.79 Å². The molecule has 0 heterocycles. The van der Waals surface area contributed by atoms with E-state index in [-0.39, 0.29) is 6.54 Å². The molecule has 0 aliphatic rings. The minimum atomic E-state index is -2.40. The maximum atomic E-state index is 12.1. The van der Waals surface area contributed by atoms with E-state index in [0.29, 0.717) is 17.5 Å². The van der Waals surface area contributed by atoms with Crippen molar-refractivity contribution in [2.45, 2.75) is 6.43 Å². The first-order valence-electron chi connectivity index (χ1n) is 4.18. The Morgan fingerprint density at radius 1 is 1.43 bits per heavy atom. The van der Waals surface area contributed by atoms with Crippen LogP contribution in [-0.4, -0.2) is 26.3 Å². The van der Waals surface area contributed by atoms with Gasteiger partial charge < -0.3 is 4.90 Å². The van der Waals surface area contributed by atoms with Crippen molar-refractivity contribution < 1.29 is 13.6 Å². The van der Waals surface area contributed by atoms with Crippen LogP contribution in [0, 0.1) is 0 Å². The number of hydrogen-bond donors (Lipinski definition) is 0. The van der Waals surface area contributed by atoms with Crippen LogP contribution >= 0.6 is 0 Å². The summed E-state index contributed by atoms with van der Waals surface area (Å²) < 4.78 is 24.2. The van der Waals surface area contributed by atoms with Gasteiger partial charge >= 0.3 is 0 Å². The van der Waals surface area contributed by atoms with Crippen LogP contribution < -0.4 is 4.90 Å². The van der Waals surface area contributed by atoms with Gasteiger partial charge in [-0.2, -0.15) is 0 Å². The molecular weight excluding hydrogens is 188 g/mol. The van der Waals surface area contributed by atoms with E-state index in [2.05, 4.69) is 0 Å². The largest absolute Gasteiger partial charge is 0.368 e. The zero-order chi connectivity index (χ0) is 10.6. The molecule has 14 heavy (non-hydrogen) atoms. The third-order valence-corrected chi connectivity index (χ3v) is 1.89.